The second-order valence-electron chi connectivity index (χ2n) is 3.85. The second kappa shape index (κ2) is 5.99. The van der Waals surface area contributed by atoms with Crippen molar-refractivity contribution in [2.24, 2.45) is 5.92 Å². The monoisotopic (exact) mass is 256 g/mol. The molecule has 2 atom stereocenters. The van der Waals surface area contributed by atoms with Crippen LogP contribution >= 0.6 is 7.37 Å². The lowest BCUT2D eigenvalue weighted by atomic mass is 10.2. The molecule has 0 aliphatic heterocycles. The van der Waals surface area contributed by atoms with Gasteiger partial charge in [0.15, 0.2) is 0 Å². The van der Waals surface area contributed by atoms with Crippen LogP contribution in [-0.4, -0.2) is 23.8 Å². The number of aliphatic carboxylic acids is 1. The molecule has 94 valence electrons. The molecule has 0 fully saturated rings. The van der Waals surface area contributed by atoms with Crippen molar-refractivity contribution in [3.8, 4) is 0 Å². The van der Waals surface area contributed by atoms with Gasteiger partial charge in [-0.1, -0.05) is 25.1 Å². The van der Waals surface area contributed by atoms with E-state index in [1.807, 2.05) is 6.07 Å². The first-order chi connectivity index (χ1) is 7.99. The predicted octanol–water partition coefficient (Wildman–Crippen LogP) is 2.35. The fraction of sp³-hybridized carbons (Fsp3) is 0.417. The lowest BCUT2D eigenvalue weighted by Crippen LogP contribution is -2.20. The van der Waals surface area contributed by atoms with E-state index in [1.54, 1.807) is 31.2 Å². The van der Waals surface area contributed by atoms with E-state index in [2.05, 4.69) is 0 Å². The van der Waals surface area contributed by atoms with Crippen molar-refractivity contribution < 1.29 is 19.0 Å². The Bertz CT molecular complexity index is 416. The molecular formula is C12H17O4P. The number of carboxylic acids is 1. The van der Waals surface area contributed by atoms with Crippen LogP contribution in [0.3, 0.4) is 0 Å². The molecule has 5 heteroatoms. The molecule has 2 unspecified atom stereocenters. The summed E-state index contributed by atoms with van der Waals surface area (Å²) in [4.78, 5) is 10.8. The van der Waals surface area contributed by atoms with Crippen molar-refractivity contribution in [1.29, 1.82) is 0 Å². The van der Waals surface area contributed by atoms with Gasteiger partial charge in [-0.05, 0) is 19.1 Å². The fourth-order valence-electron chi connectivity index (χ4n) is 1.53. The summed E-state index contributed by atoms with van der Waals surface area (Å²) in [5.74, 6) is -1.64. The van der Waals surface area contributed by atoms with E-state index in [0.29, 0.717) is 11.9 Å². The van der Waals surface area contributed by atoms with E-state index in [4.69, 9.17) is 9.63 Å². The highest BCUT2D eigenvalue weighted by atomic mass is 31.2. The highest BCUT2D eigenvalue weighted by molar-refractivity contribution is 7.67. The van der Waals surface area contributed by atoms with E-state index >= 15 is 0 Å². The van der Waals surface area contributed by atoms with Crippen LogP contribution in [0.5, 0.6) is 0 Å². The van der Waals surface area contributed by atoms with Gasteiger partial charge in [-0.15, -0.1) is 0 Å². The van der Waals surface area contributed by atoms with Crippen LogP contribution in [0.2, 0.25) is 0 Å². The quantitative estimate of drug-likeness (QED) is 0.793. The Balaban J connectivity index is 2.98. The van der Waals surface area contributed by atoms with E-state index in [0.717, 1.165) is 0 Å². The van der Waals surface area contributed by atoms with Crippen molar-refractivity contribution in [2.75, 3.05) is 12.8 Å². The molecule has 0 aromatic heterocycles. The van der Waals surface area contributed by atoms with E-state index in [1.165, 1.54) is 6.92 Å². The molecule has 1 aromatic rings. The molecule has 0 amide bonds. The SMILES string of the molecule is CCOP(=O)(CC(C)C(=O)O)c1ccccc1. The lowest BCUT2D eigenvalue weighted by Gasteiger charge is -2.19. The van der Waals surface area contributed by atoms with E-state index < -0.39 is 19.3 Å². The third-order valence-electron chi connectivity index (χ3n) is 2.42. The number of carbonyl (C=O) groups is 1. The van der Waals surface area contributed by atoms with Gasteiger partial charge in [0.25, 0.3) is 0 Å². The lowest BCUT2D eigenvalue weighted by molar-refractivity contribution is -0.140. The van der Waals surface area contributed by atoms with Gasteiger partial charge in [-0.2, -0.15) is 0 Å². The third-order valence-corrected chi connectivity index (χ3v) is 5.21. The number of benzene rings is 1. The van der Waals surface area contributed by atoms with Crippen molar-refractivity contribution in [1.82, 2.24) is 0 Å². The first kappa shape index (κ1) is 13.9. The average Bonchev–Trinajstić information content (AvgIpc) is 2.30. The van der Waals surface area contributed by atoms with Gasteiger partial charge in [0, 0.05) is 11.5 Å². The summed E-state index contributed by atoms with van der Waals surface area (Å²) in [7, 11) is -3.06. The Morgan fingerprint density at radius 3 is 2.47 bits per heavy atom. The number of hydrogen-bond donors (Lipinski definition) is 1. The van der Waals surface area contributed by atoms with E-state index in [9.17, 15) is 9.36 Å². The summed E-state index contributed by atoms with van der Waals surface area (Å²) in [6.07, 6.45) is 0.0280. The summed E-state index contributed by atoms with van der Waals surface area (Å²) in [6, 6.07) is 8.79. The molecule has 0 heterocycles. The molecule has 1 aromatic carbocycles. The minimum atomic E-state index is -3.06. The molecular weight excluding hydrogens is 239 g/mol. The maximum atomic E-state index is 12.6. The molecule has 17 heavy (non-hydrogen) atoms. The van der Waals surface area contributed by atoms with Gasteiger partial charge in [-0.3, -0.25) is 9.36 Å². The average molecular weight is 256 g/mol. The molecule has 0 spiro atoms. The van der Waals surface area contributed by atoms with Crippen LogP contribution < -0.4 is 5.30 Å². The zero-order valence-electron chi connectivity index (χ0n) is 10.00. The second-order valence-corrected chi connectivity index (χ2v) is 6.34. The van der Waals surface area contributed by atoms with Crippen LogP contribution in [0.15, 0.2) is 30.3 Å². The molecule has 0 radical (unpaired) electrons. The molecule has 1 N–H and O–H groups in total. The molecule has 1 rings (SSSR count). The normalized spacial score (nSPS) is 16.1. The zero-order valence-corrected chi connectivity index (χ0v) is 10.9. The highest BCUT2D eigenvalue weighted by Crippen LogP contribution is 2.47. The predicted molar refractivity (Wildman–Crippen MR) is 67.0 cm³/mol. The number of carboxylic acid groups (broad SMARTS) is 1. The Kier molecular flexibility index (Phi) is 4.91. The van der Waals surface area contributed by atoms with Gasteiger partial charge >= 0.3 is 5.97 Å². The summed E-state index contributed by atoms with van der Waals surface area (Å²) in [5, 5.41) is 9.46. The van der Waals surface area contributed by atoms with Crippen LogP contribution in [0.1, 0.15) is 13.8 Å². The molecule has 0 aliphatic rings. The van der Waals surface area contributed by atoms with Crippen LogP contribution in [0.4, 0.5) is 0 Å². The van der Waals surface area contributed by atoms with Crippen molar-refractivity contribution in [2.45, 2.75) is 13.8 Å². The van der Waals surface area contributed by atoms with Crippen LogP contribution in [0.25, 0.3) is 0 Å². The van der Waals surface area contributed by atoms with Gasteiger partial charge in [-0.25, -0.2) is 0 Å². The number of hydrogen-bond acceptors (Lipinski definition) is 3. The zero-order chi connectivity index (χ0) is 12.9. The Morgan fingerprint density at radius 2 is 2.00 bits per heavy atom. The molecule has 0 saturated heterocycles. The summed E-state index contributed by atoms with van der Waals surface area (Å²) >= 11 is 0. The molecule has 0 aliphatic carbocycles. The first-order valence-electron chi connectivity index (χ1n) is 5.51. The Morgan fingerprint density at radius 1 is 1.41 bits per heavy atom. The summed E-state index contributed by atoms with van der Waals surface area (Å²) in [6.45, 7) is 3.59. The molecule has 0 saturated carbocycles. The first-order valence-corrected chi connectivity index (χ1v) is 7.32. The largest absolute Gasteiger partial charge is 0.481 e. The minimum Gasteiger partial charge on any atom is -0.481 e. The maximum Gasteiger partial charge on any atom is 0.306 e. The van der Waals surface area contributed by atoms with Crippen LogP contribution in [-0.2, 0) is 13.9 Å². The highest BCUT2D eigenvalue weighted by Gasteiger charge is 2.30. The Labute approximate surface area is 101 Å². The Hall–Kier alpha value is -1.12. The van der Waals surface area contributed by atoms with Crippen molar-refractivity contribution in [3.05, 3.63) is 30.3 Å². The van der Waals surface area contributed by atoms with Crippen LogP contribution in [0, 0.1) is 5.92 Å². The summed E-state index contributed by atoms with van der Waals surface area (Å²) in [5.41, 5.74) is 0. The standard InChI is InChI=1S/C12H17O4P/c1-3-16-17(15,9-10(2)12(13)14)11-7-5-4-6-8-11/h4-8,10H,3,9H2,1-2H3,(H,13,14). The fourth-order valence-corrected chi connectivity index (χ4v) is 3.92. The van der Waals surface area contributed by atoms with Crippen molar-refractivity contribution in [3.63, 3.8) is 0 Å². The summed E-state index contributed by atoms with van der Waals surface area (Å²) < 4.78 is 18.0. The smallest absolute Gasteiger partial charge is 0.306 e. The molecule has 4 nitrogen and oxygen atoms in total. The van der Waals surface area contributed by atoms with Gasteiger partial charge in [0.1, 0.15) is 0 Å². The van der Waals surface area contributed by atoms with Gasteiger partial charge < -0.3 is 9.63 Å². The topological polar surface area (TPSA) is 63.6 Å². The maximum absolute atomic E-state index is 12.6. The molecule has 0 bridgehead atoms. The minimum absolute atomic E-state index is 0.0280. The van der Waals surface area contributed by atoms with E-state index in [-0.39, 0.29) is 6.16 Å². The van der Waals surface area contributed by atoms with Crippen molar-refractivity contribution >= 4 is 18.6 Å². The van der Waals surface area contributed by atoms with Gasteiger partial charge in [0.2, 0.25) is 7.37 Å². The number of rotatable bonds is 6. The third kappa shape index (κ3) is 3.69. The van der Waals surface area contributed by atoms with Gasteiger partial charge in [0.05, 0.1) is 12.5 Å².